The van der Waals surface area contributed by atoms with E-state index in [1.54, 1.807) is 12.1 Å². The van der Waals surface area contributed by atoms with Crippen LogP contribution in [0.2, 0.25) is 18.1 Å². The number of alkyl halides is 2. The van der Waals surface area contributed by atoms with Gasteiger partial charge in [-0.2, -0.15) is 8.78 Å². The summed E-state index contributed by atoms with van der Waals surface area (Å²) in [6, 6.07) is 10.8. The average Bonchev–Trinajstić information content (AvgIpc) is 3.60. The first-order chi connectivity index (χ1) is 21.2. The highest BCUT2D eigenvalue weighted by molar-refractivity contribution is 6.74. The molecule has 9 nitrogen and oxygen atoms in total. The lowest BCUT2D eigenvalue weighted by Crippen LogP contribution is -2.46. The summed E-state index contributed by atoms with van der Waals surface area (Å²) in [5.41, 5.74) is 4.25. The van der Waals surface area contributed by atoms with Gasteiger partial charge in [0.15, 0.2) is 20.0 Å². The maximum Gasteiger partial charge on any atom is 0.387 e. The second-order valence-corrected chi connectivity index (χ2v) is 18.7. The molecule has 3 aromatic heterocycles. The number of halogens is 2. The monoisotopic (exact) mass is 629 g/mol. The number of hydrogen-bond donors (Lipinski definition) is 0. The van der Waals surface area contributed by atoms with Crippen LogP contribution in [-0.2, 0) is 10.0 Å². The van der Waals surface area contributed by atoms with E-state index in [-0.39, 0.29) is 22.9 Å². The summed E-state index contributed by atoms with van der Waals surface area (Å²) in [5.74, 6) is 2.98. The molecule has 12 heteroatoms. The summed E-state index contributed by atoms with van der Waals surface area (Å²) in [6.45, 7) is 14.1. The summed E-state index contributed by atoms with van der Waals surface area (Å²) in [7, 11) is -2.06. The Morgan fingerprint density at radius 2 is 1.67 bits per heavy atom. The van der Waals surface area contributed by atoms with E-state index in [1.807, 2.05) is 51.4 Å². The zero-order valence-electron chi connectivity index (χ0n) is 26.8. The van der Waals surface area contributed by atoms with Gasteiger partial charge in [0.2, 0.25) is 0 Å². The summed E-state index contributed by atoms with van der Waals surface area (Å²) < 4.78 is 43.2. The van der Waals surface area contributed by atoms with E-state index in [0.717, 1.165) is 39.4 Å². The van der Waals surface area contributed by atoms with E-state index < -0.39 is 20.5 Å². The van der Waals surface area contributed by atoms with E-state index in [9.17, 15) is 8.78 Å². The molecule has 5 heterocycles. The Labute approximate surface area is 261 Å². The Morgan fingerprint density at radius 1 is 0.933 bits per heavy atom. The number of imidazole rings is 1. The van der Waals surface area contributed by atoms with Crippen LogP contribution in [0.25, 0.3) is 33.5 Å². The molecule has 0 radical (unpaired) electrons. The molecule has 2 aliphatic rings. The molecule has 0 amide bonds. The van der Waals surface area contributed by atoms with Gasteiger partial charge in [-0.05, 0) is 62.7 Å². The number of benzene rings is 2. The van der Waals surface area contributed by atoms with Gasteiger partial charge in [0, 0.05) is 35.5 Å². The predicted molar refractivity (Wildman–Crippen MR) is 170 cm³/mol. The van der Waals surface area contributed by atoms with Crippen molar-refractivity contribution in [1.82, 2.24) is 34.3 Å². The highest BCUT2D eigenvalue weighted by atomic mass is 28.4. The van der Waals surface area contributed by atoms with Crippen molar-refractivity contribution in [3.8, 4) is 28.3 Å². The minimum atomic E-state index is -2.96. The third kappa shape index (κ3) is 4.68. The van der Waals surface area contributed by atoms with Crippen molar-refractivity contribution in [3.05, 3.63) is 71.8 Å². The molecule has 45 heavy (non-hydrogen) atoms. The number of aryl methyl sites for hydroxylation is 1. The number of hydrogen-bond acceptors (Lipinski definition) is 7. The summed E-state index contributed by atoms with van der Waals surface area (Å²) in [5, 5.41) is 8.85. The van der Waals surface area contributed by atoms with E-state index in [4.69, 9.17) is 24.1 Å². The molecule has 0 saturated carbocycles. The van der Waals surface area contributed by atoms with Crippen molar-refractivity contribution in [3.63, 3.8) is 0 Å². The first-order valence-corrected chi connectivity index (χ1v) is 18.1. The normalized spacial score (nSPS) is 17.8. The average molecular weight is 630 g/mol. The van der Waals surface area contributed by atoms with Gasteiger partial charge in [0.25, 0.3) is 0 Å². The van der Waals surface area contributed by atoms with E-state index in [1.165, 1.54) is 0 Å². The molecule has 5 aromatic rings. The first kappa shape index (κ1) is 29.7. The number of nitrogens with zero attached hydrogens (tertiary/aromatic N) is 7. The second kappa shape index (κ2) is 9.98. The van der Waals surface area contributed by atoms with Gasteiger partial charge in [-0.1, -0.05) is 39.0 Å². The quantitative estimate of drug-likeness (QED) is 0.177. The highest BCUT2D eigenvalue weighted by Crippen LogP contribution is 2.52. The van der Waals surface area contributed by atoms with Crippen molar-refractivity contribution in [2.75, 3.05) is 0 Å². The minimum Gasteiger partial charge on any atom is -0.434 e. The molecular formula is C33H37F2N7O2Si. The molecule has 2 aliphatic heterocycles. The van der Waals surface area contributed by atoms with Crippen LogP contribution in [0, 0.1) is 6.92 Å². The van der Waals surface area contributed by atoms with Crippen LogP contribution < -0.4 is 4.74 Å². The Morgan fingerprint density at radius 3 is 2.36 bits per heavy atom. The molecule has 7 rings (SSSR count). The Hall–Kier alpha value is -4.03. The molecular weight excluding hydrogens is 592 g/mol. The fourth-order valence-electron chi connectivity index (χ4n) is 6.58. The SMILES string of the molecule is Cc1nnc2n1[C@@H]1C[C@H](c3c(OC(F)F)cccc3-2)n2c1nc1ccc(-c3cnc(C(C)(C)O[Si](C)(C)C(C)(C)C)nc3)cc12. The molecule has 0 spiro atoms. The summed E-state index contributed by atoms with van der Waals surface area (Å²) in [4.78, 5) is 14.6. The van der Waals surface area contributed by atoms with E-state index in [2.05, 4.69) is 59.3 Å². The fraction of sp³-hybridized carbons (Fsp3) is 0.424. The van der Waals surface area contributed by atoms with Crippen LogP contribution in [0.3, 0.4) is 0 Å². The van der Waals surface area contributed by atoms with Crippen LogP contribution in [0.15, 0.2) is 48.8 Å². The summed E-state index contributed by atoms with van der Waals surface area (Å²) in [6.07, 6.45) is 4.29. The zero-order chi connectivity index (χ0) is 32.1. The van der Waals surface area contributed by atoms with Crippen molar-refractivity contribution in [2.24, 2.45) is 0 Å². The largest absolute Gasteiger partial charge is 0.434 e. The topological polar surface area (TPSA) is 92.8 Å². The number of aromatic nitrogens is 7. The smallest absolute Gasteiger partial charge is 0.387 e. The van der Waals surface area contributed by atoms with Crippen molar-refractivity contribution in [1.29, 1.82) is 0 Å². The van der Waals surface area contributed by atoms with E-state index in [0.29, 0.717) is 23.6 Å². The molecule has 2 atom stereocenters. The van der Waals surface area contributed by atoms with Crippen LogP contribution in [0.5, 0.6) is 5.75 Å². The van der Waals surface area contributed by atoms with Gasteiger partial charge in [0.1, 0.15) is 23.0 Å². The third-order valence-electron chi connectivity index (χ3n) is 9.65. The molecule has 234 valence electrons. The minimum absolute atomic E-state index is 0.0595. The summed E-state index contributed by atoms with van der Waals surface area (Å²) >= 11 is 0. The van der Waals surface area contributed by atoms with Gasteiger partial charge in [-0.3, -0.25) is 0 Å². The van der Waals surface area contributed by atoms with Crippen LogP contribution >= 0.6 is 0 Å². The third-order valence-corrected chi connectivity index (χ3v) is 14.3. The molecule has 0 saturated heterocycles. The van der Waals surface area contributed by atoms with Crippen molar-refractivity contribution in [2.45, 2.75) is 90.4 Å². The van der Waals surface area contributed by atoms with Crippen LogP contribution in [-0.4, -0.2) is 49.2 Å². The molecule has 0 aliphatic carbocycles. The molecule has 0 N–H and O–H groups in total. The van der Waals surface area contributed by atoms with Crippen LogP contribution in [0.1, 0.15) is 76.2 Å². The number of rotatable bonds is 6. The van der Waals surface area contributed by atoms with Gasteiger partial charge in [0.05, 0.1) is 23.1 Å². The molecule has 0 unspecified atom stereocenters. The Balaban J connectivity index is 1.31. The maximum atomic E-state index is 13.6. The van der Waals surface area contributed by atoms with Gasteiger partial charge >= 0.3 is 6.61 Å². The lowest BCUT2D eigenvalue weighted by molar-refractivity contribution is -0.0506. The molecule has 0 fully saturated rings. The standard InChI is InChI=1S/C33H37F2N7O2Si/c1-18-39-40-28-21-10-9-11-26(43-31(34)35)27(21)24-15-25(41(18)28)29-38-22-13-12-19(14-23(22)42(24)29)20-16-36-30(37-17-20)33(5,6)44-45(7,8)32(2,3)4/h9-14,16-17,24-25,31H,15H2,1-8H3/t24-,25-/m1/s1. The maximum absolute atomic E-state index is 13.6. The molecule has 2 bridgehead atoms. The van der Waals surface area contributed by atoms with Gasteiger partial charge in [-0.15, -0.1) is 10.2 Å². The van der Waals surface area contributed by atoms with E-state index >= 15 is 0 Å². The lowest BCUT2D eigenvalue weighted by atomic mass is 9.97. The molecule has 2 aromatic carbocycles. The zero-order valence-corrected chi connectivity index (χ0v) is 27.8. The van der Waals surface area contributed by atoms with Crippen molar-refractivity contribution < 1.29 is 17.9 Å². The Kier molecular flexibility index (Phi) is 6.58. The Bertz CT molecular complexity index is 1940. The van der Waals surface area contributed by atoms with Crippen molar-refractivity contribution >= 4 is 19.4 Å². The first-order valence-electron chi connectivity index (χ1n) is 15.2. The number of fused-ring (bicyclic) bond motifs is 6. The van der Waals surface area contributed by atoms with Gasteiger partial charge < -0.3 is 18.3 Å². The highest BCUT2D eigenvalue weighted by Gasteiger charge is 2.44. The van der Waals surface area contributed by atoms with Gasteiger partial charge in [-0.25, -0.2) is 15.0 Å². The lowest BCUT2D eigenvalue weighted by Gasteiger charge is -2.42. The van der Waals surface area contributed by atoms with Crippen LogP contribution in [0.4, 0.5) is 8.78 Å². The predicted octanol–water partition coefficient (Wildman–Crippen LogP) is 7.81. The fourth-order valence-corrected chi connectivity index (χ4v) is 8.25. The second-order valence-electron chi connectivity index (χ2n) is 14.0. The number of ether oxygens (including phenoxy) is 1.